The lowest BCUT2D eigenvalue weighted by Crippen LogP contribution is -2.44. The number of carboxylic acid groups (broad SMARTS) is 1. The second-order valence-corrected chi connectivity index (χ2v) is 30.8. The summed E-state index contributed by atoms with van der Waals surface area (Å²) < 4.78 is 22.9. The SMILES string of the molecule is CC/C=C\C/C=C\C/C=C\C/C=C\C/C=C\C/C=C\C/C=C\C/C=C\CCCCCCCCCCCCCCC(=O)OC(COC(=O)CCCCCCCCCCCCCCCCCCCCCCCCCCCCCCCCCCCCCCCCCC)COC(OCC[N+](C)(C)C)C(=O)[O-]. The number of hydrogen-bond donors (Lipinski definition) is 0. The average molecular weight is 1430 g/mol. The molecule has 0 aromatic carbocycles. The molecule has 9 nitrogen and oxygen atoms in total. The summed E-state index contributed by atoms with van der Waals surface area (Å²) in [6, 6.07) is 0. The van der Waals surface area contributed by atoms with Gasteiger partial charge < -0.3 is 33.3 Å². The van der Waals surface area contributed by atoms with Crippen LogP contribution >= 0.6 is 0 Å². The van der Waals surface area contributed by atoms with E-state index in [9.17, 15) is 19.5 Å². The van der Waals surface area contributed by atoms with Crippen LogP contribution in [-0.4, -0.2) is 82.3 Å². The highest BCUT2D eigenvalue weighted by Crippen LogP contribution is 2.20. The Balaban J connectivity index is 3.96. The minimum absolute atomic E-state index is 0.146. The highest BCUT2D eigenvalue weighted by molar-refractivity contribution is 5.70. The van der Waals surface area contributed by atoms with E-state index in [1.165, 1.54) is 295 Å². The Morgan fingerprint density at radius 2 is 0.559 bits per heavy atom. The second kappa shape index (κ2) is 82.9. The van der Waals surface area contributed by atoms with Gasteiger partial charge in [-0.1, -0.05) is 426 Å². The molecule has 0 radical (unpaired) electrons. The zero-order chi connectivity index (χ0) is 73.9. The molecule has 0 rings (SSSR count). The summed E-state index contributed by atoms with van der Waals surface area (Å²) in [5.41, 5.74) is 0. The maximum atomic E-state index is 13.0. The lowest BCUT2D eigenvalue weighted by Gasteiger charge is -2.26. The number of esters is 2. The topological polar surface area (TPSA) is 111 Å². The molecule has 0 aliphatic heterocycles. The molecule has 0 bridgehead atoms. The van der Waals surface area contributed by atoms with Gasteiger partial charge in [0.25, 0.3) is 0 Å². The third kappa shape index (κ3) is 83.5. The largest absolute Gasteiger partial charge is 0.545 e. The van der Waals surface area contributed by atoms with E-state index in [1.54, 1.807) is 0 Å². The van der Waals surface area contributed by atoms with Crippen LogP contribution in [0, 0.1) is 0 Å². The van der Waals surface area contributed by atoms with Gasteiger partial charge in [0.2, 0.25) is 0 Å². The van der Waals surface area contributed by atoms with Gasteiger partial charge in [-0.2, -0.15) is 0 Å². The summed E-state index contributed by atoms with van der Waals surface area (Å²) in [5.74, 6) is -2.27. The smallest absolute Gasteiger partial charge is 0.306 e. The zero-order valence-electron chi connectivity index (χ0n) is 68.0. The number of rotatable bonds is 82. The van der Waals surface area contributed by atoms with Crippen LogP contribution in [0.2, 0.25) is 0 Å². The summed E-state index contributed by atoms with van der Waals surface area (Å²) in [7, 11) is 5.95. The van der Waals surface area contributed by atoms with Crippen molar-refractivity contribution in [3.8, 4) is 0 Å². The van der Waals surface area contributed by atoms with Crippen LogP contribution in [0.1, 0.15) is 418 Å². The molecule has 0 fully saturated rings. The Bertz CT molecular complexity index is 2010. The van der Waals surface area contributed by atoms with Crippen molar-refractivity contribution in [2.75, 3.05) is 47.5 Å². The highest BCUT2D eigenvalue weighted by Gasteiger charge is 2.22. The van der Waals surface area contributed by atoms with Gasteiger partial charge >= 0.3 is 11.9 Å². The fourth-order valence-electron chi connectivity index (χ4n) is 13.0. The van der Waals surface area contributed by atoms with E-state index in [0.717, 1.165) is 89.9 Å². The van der Waals surface area contributed by atoms with Gasteiger partial charge in [0.05, 0.1) is 40.3 Å². The molecule has 2 atom stereocenters. The number of nitrogens with zero attached hydrogens (tertiary/aromatic N) is 1. The first-order valence-electron chi connectivity index (χ1n) is 43.9. The van der Waals surface area contributed by atoms with Gasteiger partial charge in [-0.3, -0.25) is 9.59 Å². The van der Waals surface area contributed by atoms with Crippen LogP contribution in [0.5, 0.6) is 0 Å². The number of ether oxygens (including phenoxy) is 4. The number of likely N-dealkylation sites (N-methyl/N-ethyl adjacent to an activating group) is 1. The van der Waals surface area contributed by atoms with E-state index in [-0.39, 0.29) is 32.2 Å². The molecular weight excluding hydrogens is 1260 g/mol. The number of unbranched alkanes of at least 4 members (excludes halogenated alkanes) is 51. The summed E-state index contributed by atoms with van der Waals surface area (Å²) in [5, 5.41) is 11.9. The summed E-state index contributed by atoms with van der Waals surface area (Å²) in [4.78, 5) is 37.7. The standard InChI is InChI=1S/C93H167NO8/c1-6-8-10-12-14-16-18-20-22-24-26-28-30-32-34-36-38-40-42-44-45-46-48-49-51-53-55-57-59-61-63-65-67-69-71-73-75-77-79-81-83-90(95)100-87-89(88-101-93(92(97)98)99-86-85-94(3,4)5)102-91(96)84-82-80-78-76-74-72-70-68-66-64-62-60-58-56-54-52-50-47-43-41-39-37-35-33-31-29-27-25-23-21-19-17-15-13-11-9-7-2/h9,11,15,17,21,23,27,29,33,35,39,41,47,50,54,56,89,93H,6-8,10,12-14,16,18-20,22,24-26,28,30-32,34,36-38,40,42-46,48-49,51-53,55,57-88H2,1-5H3/b11-9-,17-15-,23-21-,29-27-,35-33-,41-39-,50-47-,56-54-. The first-order valence-corrected chi connectivity index (χ1v) is 43.9. The first kappa shape index (κ1) is 98.2. The monoisotopic (exact) mass is 1430 g/mol. The van der Waals surface area contributed by atoms with E-state index in [4.69, 9.17) is 18.9 Å². The normalized spacial score (nSPS) is 13.1. The maximum absolute atomic E-state index is 13.0. The molecule has 592 valence electrons. The fraction of sp³-hybridized carbons (Fsp3) is 0.796. The molecule has 0 aliphatic rings. The predicted octanol–water partition coefficient (Wildman–Crippen LogP) is 27.3. The molecule has 2 unspecified atom stereocenters. The molecule has 9 heteroatoms. The molecule has 0 saturated carbocycles. The number of hydrogen-bond acceptors (Lipinski definition) is 8. The van der Waals surface area contributed by atoms with Crippen molar-refractivity contribution in [2.24, 2.45) is 0 Å². The second-order valence-electron chi connectivity index (χ2n) is 30.8. The molecule has 0 saturated heterocycles. The Morgan fingerprint density at radius 1 is 0.304 bits per heavy atom. The van der Waals surface area contributed by atoms with E-state index >= 15 is 0 Å². The lowest BCUT2D eigenvalue weighted by atomic mass is 10.0. The van der Waals surface area contributed by atoms with Crippen molar-refractivity contribution in [3.05, 3.63) is 97.2 Å². The summed E-state index contributed by atoms with van der Waals surface area (Å²) in [6.45, 7) is 4.69. The van der Waals surface area contributed by atoms with E-state index in [0.29, 0.717) is 23.9 Å². The van der Waals surface area contributed by atoms with Gasteiger partial charge in [0.15, 0.2) is 12.4 Å². The number of quaternary nitrogens is 1. The third-order valence-electron chi connectivity index (χ3n) is 19.6. The summed E-state index contributed by atoms with van der Waals surface area (Å²) >= 11 is 0. The van der Waals surface area contributed by atoms with Crippen molar-refractivity contribution in [1.82, 2.24) is 0 Å². The van der Waals surface area contributed by atoms with Crippen LogP contribution in [0.3, 0.4) is 0 Å². The lowest BCUT2D eigenvalue weighted by molar-refractivity contribution is -0.870. The highest BCUT2D eigenvalue weighted by atomic mass is 16.7. The number of carbonyl (C=O) groups excluding carboxylic acids is 3. The molecule has 0 spiro atoms. The Kier molecular flexibility index (Phi) is 79.8. The van der Waals surface area contributed by atoms with Crippen LogP contribution in [0.25, 0.3) is 0 Å². The first-order chi connectivity index (χ1) is 50.1. The van der Waals surface area contributed by atoms with Gasteiger partial charge in [0, 0.05) is 12.8 Å². The van der Waals surface area contributed by atoms with Crippen molar-refractivity contribution in [1.29, 1.82) is 0 Å². The molecule has 0 heterocycles. The Morgan fingerprint density at radius 3 is 0.833 bits per heavy atom. The van der Waals surface area contributed by atoms with Crippen LogP contribution < -0.4 is 5.11 Å². The van der Waals surface area contributed by atoms with E-state index < -0.39 is 24.3 Å². The number of aliphatic carboxylic acids is 1. The van der Waals surface area contributed by atoms with Crippen LogP contribution in [0.4, 0.5) is 0 Å². The molecule has 0 aliphatic carbocycles. The molecule has 0 N–H and O–H groups in total. The van der Waals surface area contributed by atoms with Gasteiger partial charge in [0.1, 0.15) is 13.2 Å². The molecular formula is C93H167NO8. The zero-order valence-corrected chi connectivity index (χ0v) is 68.0. The Labute approximate surface area is 632 Å². The van der Waals surface area contributed by atoms with Crippen LogP contribution in [-0.2, 0) is 33.3 Å². The van der Waals surface area contributed by atoms with Crippen molar-refractivity contribution < 1.29 is 42.9 Å². The van der Waals surface area contributed by atoms with Crippen LogP contribution in [0.15, 0.2) is 97.2 Å². The predicted molar refractivity (Wildman–Crippen MR) is 440 cm³/mol. The number of carbonyl (C=O) groups is 3. The molecule has 102 heavy (non-hydrogen) atoms. The minimum atomic E-state index is -1.63. The van der Waals surface area contributed by atoms with Gasteiger partial charge in [-0.25, -0.2) is 0 Å². The van der Waals surface area contributed by atoms with E-state index in [1.807, 2.05) is 21.1 Å². The summed E-state index contributed by atoms with van der Waals surface area (Å²) in [6.07, 6.45) is 113. The maximum Gasteiger partial charge on any atom is 0.306 e. The number of allylic oxidation sites excluding steroid dienone is 16. The average Bonchev–Trinajstić information content (AvgIpc) is 1.02. The fourth-order valence-corrected chi connectivity index (χ4v) is 13.0. The minimum Gasteiger partial charge on any atom is -0.545 e. The molecule has 0 aromatic heterocycles. The van der Waals surface area contributed by atoms with Crippen molar-refractivity contribution in [2.45, 2.75) is 431 Å². The quantitative estimate of drug-likeness (QED) is 0.0195. The Hall–Kier alpha value is -3.79. The van der Waals surface area contributed by atoms with E-state index in [2.05, 4.69) is 111 Å². The van der Waals surface area contributed by atoms with Crippen molar-refractivity contribution in [3.63, 3.8) is 0 Å². The molecule has 0 aromatic rings. The van der Waals surface area contributed by atoms with Gasteiger partial charge in [-0.15, -0.1) is 0 Å². The molecule has 0 amide bonds. The van der Waals surface area contributed by atoms with Crippen molar-refractivity contribution >= 4 is 17.9 Å². The number of carboxylic acids is 1. The third-order valence-corrected chi connectivity index (χ3v) is 19.6. The van der Waals surface area contributed by atoms with Gasteiger partial charge in [-0.05, 0) is 77.0 Å².